The first kappa shape index (κ1) is 17.3. The van der Waals surface area contributed by atoms with E-state index >= 15 is 0 Å². The zero-order chi connectivity index (χ0) is 17.1. The van der Waals surface area contributed by atoms with E-state index < -0.39 is 23.7 Å². The molecule has 0 heterocycles. The van der Waals surface area contributed by atoms with Gasteiger partial charge in [0.1, 0.15) is 6.61 Å². The van der Waals surface area contributed by atoms with Gasteiger partial charge in [0.05, 0.1) is 6.04 Å². The van der Waals surface area contributed by atoms with Crippen LogP contribution in [0.4, 0.5) is 4.79 Å². The number of carboxylic acids is 1. The van der Waals surface area contributed by atoms with Gasteiger partial charge in [-0.05, 0) is 30.2 Å². The van der Waals surface area contributed by atoms with Gasteiger partial charge in [-0.1, -0.05) is 44.2 Å². The van der Waals surface area contributed by atoms with Crippen LogP contribution in [0, 0.1) is 5.41 Å². The van der Waals surface area contributed by atoms with Gasteiger partial charge in [0.15, 0.2) is 5.60 Å². The van der Waals surface area contributed by atoms with Crippen LogP contribution in [-0.2, 0) is 16.1 Å². The summed E-state index contributed by atoms with van der Waals surface area (Å²) in [6.45, 7) is 4.06. The van der Waals surface area contributed by atoms with Crippen LogP contribution >= 0.6 is 0 Å². The Balaban J connectivity index is 1.99. The fourth-order valence-corrected chi connectivity index (χ4v) is 2.86. The number of hydrogen-bond acceptors (Lipinski definition) is 4. The summed E-state index contributed by atoms with van der Waals surface area (Å²) in [6, 6.07) is 8.30. The molecule has 1 aliphatic rings. The van der Waals surface area contributed by atoms with Gasteiger partial charge in [0, 0.05) is 0 Å². The number of ether oxygens (including phenoxy) is 1. The van der Waals surface area contributed by atoms with E-state index in [1.165, 1.54) is 0 Å². The number of aliphatic hydroxyl groups is 1. The van der Waals surface area contributed by atoms with E-state index in [0.717, 1.165) is 5.56 Å². The molecule has 23 heavy (non-hydrogen) atoms. The highest BCUT2D eigenvalue weighted by Crippen LogP contribution is 2.40. The smallest absolute Gasteiger partial charge is 0.407 e. The lowest BCUT2D eigenvalue weighted by molar-refractivity contribution is -0.168. The number of alkyl carbamates (subject to hydrolysis) is 1. The Hall–Kier alpha value is -2.08. The minimum atomic E-state index is -1.96. The number of nitrogens with one attached hydrogen (secondary N) is 1. The van der Waals surface area contributed by atoms with E-state index in [-0.39, 0.29) is 18.4 Å². The molecule has 1 saturated carbocycles. The highest BCUT2D eigenvalue weighted by atomic mass is 16.5. The number of rotatable bonds is 4. The topological polar surface area (TPSA) is 95.9 Å². The molecule has 0 bridgehead atoms. The summed E-state index contributed by atoms with van der Waals surface area (Å²) in [4.78, 5) is 23.4. The molecule has 1 aromatic rings. The van der Waals surface area contributed by atoms with Crippen molar-refractivity contribution in [2.45, 2.75) is 51.4 Å². The average molecular weight is 321 g/mol. The van der Waals surface area contributed by atoms with Gasteiger partial charge in [0.2, 0.25) is 0 Å². The number of aliphatic carboxylic acids is 1. The quantitative estimate of drug-likeness (QED) is 0.791. The van der Waals surface area contributed by atoms with E-state index in [9.17, 15) is 19.8 Å². The van der Waals surface area contributed by atoms with Crippen LogP contribution in [0.1, 0.15) is 38.7 Å². The number of carbonyl (C=O) groups excluding carboxylic acids is 1. The molecule has 0 radical (unpaired) electrons. The van der Waals surface area contributed by atoms with Crippen LogP contribution in [0.5, 0.6) is 0 Å². The Kier molecular flexibility index (Phi) is 4.94. The molecule has 0 aromatic heterocycles. The van der Waals surface area contributed by atoms with Gasteiger partial charge >= 0.3 is 12.1 Å². The van der Waals surface area contributed by atoms with E-state index in [1.807, 2.05) is 44.2 Å². The van der Waals surface area contributed by atoms with E-state index in [0.29, 0.717) is 12.8 Å². The van der Waals surface area contributed by atoms with Crippen molar-refractivity contribution in [2.75, 3.05) is 0 Å². The number of amides is 1. The first-order valence-corrected chi connectivity index (χ1v) is 7.66. The fourth-order valence-electron chi connectivity index (χ4n) is 2.86. The number of hydrogen-bond donors (Lipinski definition) is 3. The van der Waals surface area contributed by atoms with Crippen LogP contribution < -0.4 is 5.32 Å². The molecular formula is C17H23NO5. The maximum Gasteiger partial charge on any atom is 0.407 e. The molecule has 1 fully saturated rings. The zero-order valence-corrected chi connectivity index (χ0v) is 13.4. The van der Waals surface area contributed by atoms with Crippen molar-refractivity contribution in [1.82, 2.24) is 5.32 Å². The van der Waals surface area contributed by atoms with Gasteiger partial charge in [-0.3, -0.25) is 0 Å². The largest absolute Gasteiger partial charge is 0.479 e. The molecule has 0 spiro atoms. The summed E-state index contributed by atoms with van der Waals surface area (Å²) in [5, 5.41) is 22.2. The fraction of sp³-hybridized carbons (Fsp3) is 0.529. The summed E-state index contributed by atoms with van der Waals surface area (Å²) < 4.78 is 5.12. The highest BCUT2D eigenvalue weighted by molar-refractivity contribution is 5.80. The zero-order valence-electron chi connectivity index (χ0n) is 13.4. The Morgan fingerprint density at radius 3 is 2.52 bits per heavy atom. The van der Waals surface area contributed by atoms with Crippen LogP contribution in [0.15, 0.2) is 30.3 Å². The molecule has 2 rings (SSSR count). The number of carboxylic acid groups (broad SMARTS) is 1. The lowest BCUT2D eigenvalue weighted by Gasteiger charge is -2.43. The number of benzene rings is 1. The molecule has 0 saturated heterocycles. The Morgan fingerprint density at radius 2 is 1.91 bits per heavy atom. The van der Waals surface area contributed by atoms with Gasteiger partial charge in [-0.25, -0.2) is 9.59 Å². The van der Waals surface area contributed by atoms with Crippen molar-refractivity contribution in [2.24, 2.45) is 5.41 Å². The standard InChI is InChI=1S/C17H23NO5/c1-16(2)8-9-17(22,14(19)20)13(10-16)18-15(21)23-11-12-6-4-3-5-7-12/h3-7,13,22H,8-11H2,1-2H3,(H,18,21)(H,19,20). The summed E-state index contributed by atoms with van der Waals surface area (Å²) in [5.41, 5.74) is -1.28. The Bertz CT molecular complexity index is 572. The highest BCUT2D eigenvalue weighted by Gasteiger charge is 2.51. The average Bonchev–Trinajstić information content (AvgIpc) is 2.50. The number of carbonyl (C=O) groups is 2. The normalized spacial score (nSPS) is 26.3. The molecule has 1 amide bonds. The van der Waals surface area contributed by atoms with Crippen molar-refractivity contribution in [1.29, 1.82) is 0 Å². The second-order valence-corrected chi connectivity index (χ2v) is 6.86. The second-order valence-electron chi connectivity index (χ2n) is 6.86. The van der Waals surface area contributed by atoms with Crippen molar-refractivity contribution >= 4 is 12.1 Å². The molecule has 0 aliphatic heterocycles. The summed E-state index contributed by atoms with van der Waals surface area (Å²) in [5.74, 6) is -1.32. The van der Waals surface area contributed by atoms with E-state index in [2.05, 4.69) is 5.32 Å². The maximum absolute atomic E-state index is 12.0. The first-order valence-electron chi connectivity index (χ1n) is 7.66. The minimum absolute atomic E-state index is 0.0916. The summed E-state index contributed by atoms with van der Waals surface area (Å²) >= 11 is 0. The maximum atomic E-state index is 12.0. The van der Waals surface area contributed by atoms with Crippen LogP contribution in [0.2, 0.25) is 0 Å². The Labute approximate surface area is 135 Å². The minimum Gasteiger partial charge on any atom is -0.479 e. The van der Waals surface area contributed by atoms with Crippen LogP contribution in [-0.4, -0.2) is 33.9 Å². The molecule has 3 N–H and O–H groups in total. The SMILES string of the molecule is CC1(C)CCC(O)(C(=O)O)C(NC(=O)OCc2ccccc2)C1. The molecule has 126 valence electrons. The third-order valence-corrected chi connectivity index (χ3v) is 4.39. The van der Waals surface area contributed by atoms with E-state index in [1.54, 1.807) is 0 Å². The van der Waals surface area contributed by atoms with Gasteiger partial charge < -0.3 is 20.3 Å². The molecule has 2 atom stereocenters. The van der Waals surface area contributed by atoms with Gasteiger partial charge in [-0.2, -0.15) is 0 Å². The predicted molar refractivity (Wildman–Crippen MR) is 83.8 cm³/mol. The van der Waals surface area contributed by atoms with Crippen LogP contribution in [0.25, 0.3) is 0 Å². The molecule has 1 aliphatic carbocycles. The monoisotopic (exact) mass is 321 g/mol. The van der Waals surface area contributed by atoms with Crippen molar-refractivity contribution < 1.29 is 24.5 Å². The molecule has 6 heteroatoms. The van der Waals surface area contributed by atoms with E-state index in [4.69, 9.17) is 4.74 Å². The Morgan fingerprint density at radius 1 is 1.26 bits per heavy atom. The second kappa shape index (κ2) is 6.58. The molecule has 2 unspecified atom stereocenters. The molecular weight excluding hydrogens is 298 g/mol. The first-order chi connectivity index (χ1) is 10.7. The van der Waals surface area contributed by atoms with Crippen molar-refractivity contribution in [3.63, 3.8) is 0 Å². The van der Waals surface area contributed by atoms with Gasteiger partial charge in [-0.15, -0.1) is 0 Å². The third kappa shape index (κ3) is 4.22. The summed E-state index contributed by atoms with van der Waals surface area (Å²) in [6.07, 6.45) is 0.318. The molecule has 1 aromatic carbocycles. The van der Waals surface area contributed by atoms with Gasteiger partial charge in [0.25, 0.3) is 0 Å². The lowest BCUT2D eigenvalue weighted by Crippen LogP contribution is -2.61. The van der Waals surface area contributed by atoms with Crippen molar-refractivity contribution in [3.05, 3.63) is 35.9 Å². The predicted octanol–water partition coefficient (Wildman–Crippen LogP) is 2.31. The molecule has 6 nitrogen and oxygen atoms in total. The van der Waals surface area contributed by atoms with Crippen molar-refractivity contribution in [3.8, 4) is 0 Å². The summed E-state index contributed by atoms with van der Waals surface area (Å²) in [7, 11) is 0. The van der Waals surface area contributed by atoms with Crippen LogP contribution in [0.3, 0.4) is 0 Å². The lowest BCUT2D eigenvalue weighted by atomic mass is 9.68. The third-order valence-electron chi connectivity index (χ3n) is 4.39.